The van der Waals surface area contributed by atoms with Gasteiger partial charge < -0.3 is 9.72 Å². The van der Waals surface area contributed by atoms with Crippen molar-refractivity contribution < 1.29 is 14.7 Å². The van der Waals surface area contributed by atoms with Gasteiger partial charge in [0.15, 0.2) is 0 Å². The van der Waals surface area contributed by atoms with E-state index in [0.717, 1.165) is 22.2 Å². The number of nitrogens with one attached hydrogen (secondary N) is 1. The molecule has 0 aliphatic rings. The Morgan fingerprint density at radius 2 is 2.23 bits per heavy atom. The minimum absolute atomic E-state index is 0.116. The number of pyridine rings is 1. The van der Waals surface area contributed by atoms with Crippen molar-refractivity contribution in [2.45, 2.75) is 0 Å². The lowest BCUT2D eigenvalue weighted by atomic mass is 10.1. The highest BCUT2D eigenvalue weighted by Crippen LogP contribution is 2.29. The molecule has 2 heterocycles. The highest BCUT2D eigenvalue weighted by Gasteiger charge is 2.07. The molecular weight excluding hydrogens is 282 g/mol. The number of fused-ring (bicyclic) bond motifs is 1. The molecule has 3 rings (SSSR count). The first kappa shape index (κ1) is 14.1. The van der Waals surface area contributed by atoms with Crippen LogP contribution in [0.2, 0.25) is 0 Å². The summed E-state index contributed by atoms with van der Waals surface area (Å²) in [6, 6.07) is 11.5. The van der Waals surface area contributed by atoms with E-state index in [1.807, 2.05) is 42.6 Å². The van der Waals surface area contributed by atoms with Crippen LogP contribution in [0.1, 0.15) is 0 Å². The average molecular weight is 297 g/mol. The maximum Gasteiger partial charge on any atom is 0.233 e. The van der Waals surface area contributed by atoms with Crippen LogP contribution in [-0.4, -0.2) is 39.8 Å². The van der Waals surface area contributed by atoms with Crippen molar-refractivity contribution in [3.63, 3.8) is 0 Å². The molecule has 0 aliphatic carbocycles. The summed E-state index contributed by atoms with van der Waals surface area (Å²) in [7, 11) is 0. The van der Waals surface area contributed by atoms with Gasteiger partial charge in [0.2, 0.25) is 6.41 Å². The number of aromatic nitrogens is 2. The summed E-state index contributed by atoms with van der Waals surface area (Å²) in [5.74, 6) is 0.676. The highest BCUT2D eigenvalue weighted by molar-refractivity contribution is 5.93. The van der Waals surface area contributed by atoms with Crippen LogP contribution in [0.3, 0.4) is 0 Å². The minimum atomic E-state index is 0.116. The van der Waals surface area contributed by atoms with Crippen molar-refractivity contribution in [2.24, 2.45) is 0 Å². The second-order valence-corrected chi connectivity index (χ2v) is 4.75. The summed E-state index contributed by atoms with van der Waals surface area (Å²) in [6.45, 7) is 0.332. The van der Waals surface area contributed by atoms with Gasteiger partial charge in [0.25, 0.3) is 0 Å². The largest absolute Gasteiger partial charge is 0.492 e. The lowest BCUT2D eigenvalue weighted by molar-refractivity contribution is -0.150. The predicted octanol–water partition coefficient (Wildman–Crippen LogP) is 2.46. The number of benzene rings is 1. The van der Waals surface area contributed by atoms with E-state index in [9.17, 15) is 4.79 Å². The topological polar surface area (TPSA) is 78.5 Å². The molecule has 0 bridgehead atoms. The fourth-order valence-corrected chi connectivity index (χ4v) is 2.26. The van der Waals surface area contributed by atoms with E-state index in [0.29, 0.717) is 17.2 Å². The molecule has 0 fully saturated rings. The van der Waals surface area contributed by atoms with E-state index in [4.69, 9.17) is 9.94 Å². The number of carbonyl (C=O) groups is 1. The molecule has 22 heavy (non-hydrogen) atoms. The van der Waals surface area contributed by atoms with Crippen molar-refractivity contribution in [1.29, 1.82) is 0 Å². The third kappa shape index (κ3) is 2.91. The number of hydrogen-bond acceptors (Lipinski definition) is 4. The fraction of sp³-hybridized carbons (Fsp3) is 0.125. The maximum absolute atomic E-state index is 10.3. The van der Waals surface area contributed by atoms with Crippen LogP contribution in [-0.2, 0) is 4.79 Å². The third-order valence-corrected chi connectivity index (χ3v) is 3.31. The molecule has 1 amide bonds. The Morgan fingerprint density at radius 1 is 1.32 bits per heavy atom. The first-order chi connectivity index (χ1) is 10.8. The van der Waals surface area contributed by atoms with Gasteiger partial charge in [-0.2, -0.15) is 0 Å². The number of hydrogen-bond donors (Lipinski definition) is 2. The SMILES string of the molecule is O=CN(O)CCOc1cccc(-c2c[nH]c3ncccc23)c1. The molecule has 3 aromatic rings. The van der Waals surface area contributed by atoms with Crippen molar-refractivity contribution in [3.8, 4) is 16.9 Å². The van der Waals surface area contributed by atoms with Gasteiger partial charge in [-0.1, -0.05) is 12.1 Å². The van der Waals surface area contributed by atoms with E-state index in [2.05, 4.69) is 9.97 Å². The Bertz CT molecular complexity index is 785. The summed E-state index contributed by atoms with van der Waals surface area (Å²) in [4.78, 5) is 17.7. The molecule has 0 radical (unpaired) electrons. The van der Waals surface area contributed by atoms with Crippen molar-refractivity contribution in [3.05, 3.63) is 48.8 Å². The van der Waals surface area contributed by atoms with Crippen molar-refractivity contribution in [1.82, 2.24) is 15.0 Å². The molecule has 0 saturated heterocycles. The first-order valence-corrected chi connectivity index (χ1v) is 6.84. The van der Waals surface area contributed by atoms with Gasteiger partial charge in [-0.3, -0.25) is 10.0 Å². The Hall–Kier alpha value is -2.86. The van der Waals surface area contributed by atoms with Crippen LogP contribution >= 0.6 is 0 Å². The fourth-order valence-electron chi connectivity index (χ4n) is 2.26. The molecule has 2 aromatic heterocycles. The Morgan fingerprint density at radius 3 is 3.09 bits per heavy atom. The van der Waals surface area contributed by atoms with E-state index >= 15 is 0 Å². The minimum Gasteiger partial charge on any atom is -0.492 e. The monoisotopic (exact) mass is 297 g/mol. The molecule has 0 saturated carbocycles. The number of rotatable bonds is 6. The number of carbonyl (C=O) groups excluding carboxylic acids is 1. The summed E-state index contributed by atoms with van der Waals surface area (Å²) in [6.07, 6.45) is 4.01. The molecule has 1 aromatic carbocycles. The lowest BCUT2D eigenvalue weighted by Gasteiger charge is -2.10. The van der Waals surface area contributed by atoms with E-state index in [1.54, 1.807) is 6.20 Å². The van der Waals surface area contributed by atoms with Crippen molar-refractivity contribution in [2.75, 3.05) is 13.2 Å². The number of aromatic amines is 1. The van der Waals surface area contributed by atoms with Gasteiger partial charge in [-0.05, 0) is 29.8 Å². The van der Waals surface area contributed by atoms with Crippen LogP contribution in [0.4, 0.5) is 0 Å². The van der Waals surface area contributed by atoms with Gasteiger partial charge in [0.05, 0.1) is 6.54 Å². The zero-order valence-electron chi connectivity index (χ0n) is 11.8. The molecule has 2 N–H and O–H groups in total. The number of nitrogens with zero attached hydrogens (tertiary/aromatic N) is 2. The molecule has 6 nitrogen and oxygen atoms in total. The van der Waals surface area contributed by atoms with E-state index in [1.165, 1.54) is 0 Å². The number of amides is 1. The summed E-state index contributed by atoms with van der Waals surface area (Å²) in [5.41, 5.74) is 2.89. The molecule has 112 valence electrons. The molecule has 0 aliphatic heterocycles. The second kappa shape index (κ2) is 6.28. The van der Waals surface area contributed by atoms with Gasteiger partial charge in [-0.25, -0.2) is 10.0 Å². The van der Waals surface area contributed by atoms with Crippen LogP contribution < -0.4 is 4.74 Å². The highest BCUT2D eigenvalue weighted by atomic mass is 16.5. The summed E-state index contributed by atoms with van der Waals surface area (Å²) >= 11 is 0. The standard InChI is InChI=1S/C16H15N3O3/c20-11-19(21)7-8-22-13-4-1-3-12(9-13)15-10-18-16-14(15)5-2-6-17-16/h1-6,9-11,21H,7-8H2,(H,17,18). The zero-order chi connectivity index (χ0) is 15.4. The van der Waals surface area contributed by atoms with Crippen molar-refractivity contribution >= 4 is 17.4 Å². The number of hydroxylamine groups is 2. The first-order valence-electron chi connectivity index (χ1n) is 6.84. The third-order valence-electron chi connectivity index (χ3n) is 3.31. The van der Waals surface area contributed by atoms with Crippen LogP contribution in [0, 0.1) is 0 Å². The quantitative estimate of drug-likeness (QED) is 0.416. The molecule has 0 unspecified atom stereocenters. The second-order valence-electron chi connectivity index (χ2n) is 4.75. The number of H-pyrrole nitrogens is 1. The Labute approximate surface area is 126 Å². The zero-order valence-corrected chi connectivity index (χ0v) is 11.8. The molecular formula is C16H15N3O3. The van der Waals surface area contributed by atoms with Crippen LogP contribution in [0.25, 0.3) is 22.2 Å². The lowest BCUT2D eigenvalue weighted by Crippen LogP contribution is -2.23. The molecule has 0 atom stereocenters. The average Bonchev–Trinajstić information content (AvgIpc) is 2.99. The summed E-state index contributed by atoms with van der Waals surface area (Å²) in [5, 5.41) is 10.6. The van der Waals surface area contributed by atoms with E-state index in [-0.39, 0.29) is 13.2 Å². The molecule has 6 heteroatoms. The maximum atomic E-state index is 10.3. The van der Waals surface area contributed by atoms with Gasteiger partial charge in [0.1, 0.15) is 18.0 Å². The number of ether oxygens (including phenoxy) is 1. The van der Waals surface area contributed by atoms with E-state index < -0.39 is 0 Å². The predicted molar refractivity (Wildman–Crippen MR) is 81.6 cm³/mol. The van der Waals surface area contributed by atoms with Crippen LogP contribution in [0.15, 0.2) is 48.8 Å². The van der Waals surface area contributed by atoms with Crippen LogP contribution in [0.5, 0.6) is 5.75 Å². The molecule has 0 spiro atoms. The Kier molecular flexibility index (Phi) is 4.02. The van der Waals surface area contributed by atoms with Gasteiger partial charge in [0, 0.05) is 23.3 Å². The smallest absolute Gasteiger partial charge is 0.233 e. The van der Waals surface area contributed by atoms with Gasteiger partial charge >= 0.3 is 0 Å². The summed E-state index contributed by atoms with van der Waals surface area (Å²) < 4.78 is 5.54. The Balaban J connectivity index is 1.80. The van der Waals surface area contributed by atoms with Gasteiger partial charge in [-0.15, -0.1) is 0 Å². The normalized spacial score (nSPS) is 10.6.